The quantitative estimate of drug-likeness (QED) is 0.239. The average molecular weight is 631 g/mol. The van der Waals surface area contributed by atoms with E-state index in [4.69, 9.17) is 9.72 Å². The number of carbonyl (C=O) groups excluding carboxylic acids is 2. The Morgan fingerprint density at radius 2 is 1.91 bits per heavy atom. The second kappa shape index (κ2) is 12.7. The number of pyridine rings is 2. The van der Waals surface area contributed by atoms with Crippen molar-refractivity contribution >= 4 is 39.2 Å². The molecule has 3 fully saturated rings. The third-order valence-electron chi connectivity index (χ3n) is 8.51. The minimum atomic E-state index is -0.586. The first-order valence-electron chi connectivity index (χ1n) is 15.5. The van der Waals surface area contributed by atoms with Crippen molar-refractivity contribution in [1.82, 2.24) is 25.1 Å². The van der Waals surface area contributed by atoms with Gasteiger partial charge in [-0.2, -0.15) is 0 Å². The Kier molecular flexibility index (Phi) is 8.35. The van der Waals surface area contributed by atoms with Crippen LogP contribution < -0.4 is 15.4 Å². The van der Waals surface area contributed by atoms with Gasteiger partial charge < -0.3 is 25.4 Å². The molecule has 2 aliphatic heterocycles. The predicted molar refractivity (Wildman–Crippen MR) is 170 cm³/mol. The smallest absolute Gasteiger partial charge is 0.319 e. The number of hydrogen-bond donors (Lipinski definition) is 3. The van der Waals surface area contributed by atoms with Crippen molar-refractivity contribution in [3.05, 3.63) is 66.2 Å². The van der Waals surface area contributed by atoms with Gasteiger partial charge in [-0.15, -0.1) is 11.3 Å². The summed E-state index contributed by atoms with van der Waals surface area (Å²) in [6.07, 6.45) is 7.57. The van der Waals surface area contributed by atoms with Gasteiger partial charge in [0.15, 0.2) is 11.6 Å². The van der Waals surface area contributed by atoms with E-state index in [9.17, 15) is 19.1 Å². The van der Waals surface area contributed by atoms with Gasteiger partial charge in [-0.25, -0.2) is 9.18 Å². The maximum atomic E-state index is 14.9. The van der Waals surface area contributed by atoms with Crippen molar-refractivity contribution in [2.75, 3.05) is 31.5 Å². The third kappa shape index (κ3) is 6.92. The SMILES string of the molecule is O=C(Nc1ccc(Oc2ccnc3cc(-c4ccc(CN5CCCC(C(=O)N6CCC(O)C6)C5)cn4)sc23)c(F)c1)NC1CC1. The van der Waals surface area contributed by atoms with Crippen molar-refractivity contribution < 1.29 is 23.8 Å². The van der Waals surface area contributed by atoms with Gasteiger partial charge in [-0.1, -0.05) is 6.07 Å². The molecule has 1 aliphatic carbocycles. The van der Waals surface area contributed by atoms with E-state index in [1.165, 1.54) is 23.5 Å². The molecule has 10 nitrogen and oxygen atoms in total. The summed E-state index contributed by atoms with van der Waals surface area (Å²) in [4.78, 5) is 39.2. The summed E-state index contributed by atoms with van der Waals surface area (Å²) in [5, 5.41) is 15.3. The van der Waals surface area contributed by atoms with Crippen LogP contribution in [0.5, 0.6) is 11.5 Å². The van der Waals surface area contributed by atoms with E-state index in [1.54, 1.807) is 18.3 Å². The molecule has 2 saturated heterocycles. The lowest BCUT2D eigenvalue weighted by atomic mass is 9.96. The maximum Gasteiger partial charge on any atom is 0.319 e. The second-order valence-electron chi connectivity index (χ2n) is 12.1. The third-order valence-corrected chi connectivity index (χ3v) is 9.67. The van der Waals surface area contributed by atoms with Crippen LogP contribution in [-0.4, -0.2) is 75.1 Å². The van der Waals surface area contributed by atoms with Crippen molar-refractivity contribution in [1.29, 1.82) is 0 Å². The first-order chi connectivity index (χ1) is 21.9. The Morgan fingerprint density at radius 3 is 2.67 bits per heavy atom. The average Bonchev–Trinajstić information content (AvgIpc) is 3.55. The molecular weight excluding hydrogens is 595 g/mol. The normalized spacial score (nSPS) is 20.4. The fourth-order valence-corrected chi connectivity index (χ4v) is 7.05. The Morgan fingerprint density at radius 1 is 1.02 bits per heavy atom. The number of carbonyl (C=O) groups is 2. The van der Waals surface area contributed by atoms with Crippen LogP contribution in [0, 0.1) is 11.7 Å². The Balaban J connectivity index is 0.999. The standard InChI is InChI=1S/C33H35FN6O4S/c34-25-14-23(38-33(43)37-22-4-5-22)6-8-28(25)44-29-9-11-35-27-15-30(45-31(27)29)26-7-3-20(16-36-26)17-39-12-1-2-21(18-39)32(42)40-13-10-24(41)19-40/h3,6-9,11,14-16,21-22,24,41H,1-2,4-5,10,12-13,17-19H2,(H2,37,38,43). The number of thiophene rings is 1. The Bertz CT molecular complexity index is 1710. The van der Waals surface area contributed by atoms with Crippen LogP contribution in [-0.2, 0) is 11.3 Å². The Labute approximate surface area is 264 Å². The number of urea groups is 1. The number of halogens is 1. The van der Waals surface area contributed by atoms with E-state index >= 15 is 0 Å². The molecular formula is C33H35FN6O4S. The van der Waals surface area contributed by atoms with Gasteiger partial charge in [-0.3, -0.25) is 19.7 Å². The summed E-state index contributed by atoms with van der Waals surface area (Å²) in [5.74, 6) is 0.0819. The number of aliphatic hydroxyl groups is 1. The van der Waals surface area contributed by atoms with E-state index in [2.05, 4.69) is 26.6 Å². The summed E-state index contributed by atoms with van der Waals surface area (Å²) >= 11 is 1.47. The first-order valence-corrected chi connectivity index (χ1v) is 16.3. The molecule has 7 rings (SSSR count). The largest absolute Gasteiger partial charge is 0.453 e. The minimum Gasteiger partial charge on any atom is -0.453 e. The molecule has 4 aromatic rings. The highest BCUT2D eigenvalue weighted by Gasteiger charge is 2.32. The lowest BCUT2D eigenvalue weighted by Crippen LogP contribution is -2.44. The number of amides is 3. The number of nitrogens with one attached hydrogen (secondary N) is 2. The molecule has 234 valence electrons. The van der Waals surface area contributed by atoms with Crippen molar-refractivity contribution in [2.45, 2.75) is 50.8 Å². The lowest BCUT2D eigenvalue weighted by Gasteiger charge is -2.33. The van der Waals surface area contributed by atoms with Gasteiger partial charge in [0.1, 0.15) is 5.75 Å². The minimum absolute atomic E-state index is 0.0275. The monoisotopic (exact) mass is 630 g/mol. The zero-order valence-corrected chi connectivity index (χ0v) is 25.6. The summed E-state index contributed by atoms with van der Waals surface area (Å²) in [6.45, 7) is 3.47. The maximum absolute atomic E-state index is 14.9. The van der Waals surface area contributed by atoms with Crippen molar-refractivity contribution in [3.63, 3.8) is 0 Å². The van der Waals surface area contributed by atoms with Crippen molar-refractivity contribution in [2.24, 2.45) is 5.92 Å². The molecule has 3 N–H and O–H groups in total. The van der Waals surface area contributed by atoms with Gasteiger partial charge >= 0.3 is 6.03 Å². The van der Waals surface area contributed by atoms with Gasteiger partial charge in [0.05, 0.1) is 32.8 Å². The molecule has 0 bridgehead atoms. The summed E-state index contributed by atoms with van der Waals surface area (Å²) in [5.41, 5.74) is 2.95. The van der Waals surface area contributed by atoms with Gasteiger partial charge in [0.25, 0.3) is 0 Å². The number of benzene rings is 1. The molecule has 3 aliphatic rings. The molecule has 3 amide bonds. The molecule has 1 aromatic carbocycles. The van der Waals surface area contributed by atoms with Gasteiger partial charge in [-0.05, 0) is 68.5 Å². The number of fused-ring (bicyclic) bond motifs is 1. The topological polar surface area (TPSA) is 120 Å². The summed E-state index contributed by atoms with van der Waals surface area (Å²) in [7, 11) is 0. The fourth-order valence-electron chi connectivity index (χ4n) is 6.00. The molecule has 0 spiro atoms. The number of ether oxygens (including phenoxy) is 1. The van der Waals surface area contributed by atoms with Crippen LogP contribution in [0.3, 0.4) is 0 Å². The number of piperidine rings is 1. The van der Waals surface area contributed by atoms with Crippen molar-refractivity contribution in [3.8, 4) is 22.1 Å². The van der Waals surface area contributed by atoms with Crippen LogP contribution in [0.1, 0.15) is 37.7 Å². The van der Waals surface area contributed by atoms with Crippen LogP contribution >= 0.6 is 11.3 Å². The van der Waals surface area contributed by atoms with Crippen LogP contribution in [0.2, 0.25) is 0 Å². The molecule has 0 radical (unpaired) electrons. The number of rotatable bonds is 8. The van der Waals surface area contributed by atoms with E-state index < -0.39 is 11.9 Å². The highest BCUT2D eigenvalue weighted by Crippen LogP contribution is 2.39. The zero-order chi connectivity index (χ0) is 30.9. The highest BCUT2D eigenvalue weighted by molar-refractivity contribution is 7.22. The second-order valence-corrected chi connectivity index (χ2v) is 13.2. The molecule has 2 atom stereocenters. The Hall–Kier alpha value is -4.13. The zero-order valence-electron chi connectivity index (χ0n) is 24.7. The van der Waals surface area contributed by atoms with Gasteiger partial charge in [0.2, 0.25) is 5.91 Å². The number of aliphatic hydroxyl groups excluding tert-OH is 1. The molecule has 1 saturated carbocycles. The lowest BCUT2D eigenvalue weighted by molar-refractivity contribution is -0.136. The van der Waals surface area contributed by atoms with E-state index in [0.29, 0.717) is 37.5 Å². The van der Waals surface area contributed by atoms with E-state index in [1.807, 2.05) is 23.2 Å². The van der Waals surface area contributed by atoms with Crippen LogP contribution in [0.4, 0.5) is 14.9 Å². The molecule has 5 heterocycles. The number of β-amino-alcohol motifs (C(OH)–C–C–N with tert-alkyl or cyclic N) is 1. The van der Waals surface area contributed by atoms with E-state index in [0.717, 1.165) is 65.1 Å². The number of likely N-dealkylation sites (tertiary alicyclic amines) is 2. The molecule has 12 heteroatoms. The van der Waals surface area contributed by atoms with Crippen LogP contribution in [0.15, 0.2) is 54.9 Å². The predicted octanol–water partition coefficient (Wildman–Crippen LogP) is 5.38. The van der Waals surface area contributed by atoms with Gasteiger partial charge in [0, 0.05) is 62.4 Å². The molecule has 45 heavy (non-hydrogen) atoms. The number of anilines is 1. The molecule has 2 unspecified atom stereocenters. The summed E-state index contributed by atoms with van der Waals surface area (Å²) < 4.78 is 21.7. The van der Waals surface area contributed by atoms with E-state index in [-0.39, 0.29) is 29.6 Å². The number of hydrogen-bond acceptors (Lipinski definition) is 8. The highest BCUT2D eigenvalue weighted by atomic mass is 32.1. The number of aromatic nitrogens is 2. The van der Waals surface area contributed by atoms with Crippen LogP contribution in [0.25, 0.3) is 20.8 Å². The molecule has 3 aromatic heterocycles. The summed E-state index contributed by atoms with van der Waals surface area (Å²) in [6, 6.07) is 11.9. The first kappa shape index (κ1) is 29.6. The fraction of sp³-hybridized carbons (Fsp3) is 0.394. The number of nitrogens with zero attached hydrogens (tertiary/aromatic N) is 4.